The third-order valence-corrected chi connectivity index (χ3v) is 3.60. The quantitative estimate of drug-likeness (QED) is 0.934. The van der Waals surface area contributed by atoms with Gasteiger partial charge in [-0.25, -0.2) is 9.97 Å². The van der Waals surface area contributed by atoms with Gasteiger partial charge in [-0.15, -0.1) is 11.3 Å². The molecule has 8 heteroatoms. The van der Waals surface area contributed by atoms with Crippen LogP contribution in [0.15, 0.2) is 18.7 Å². The minimum Gasteiger partial charge on any atom is -0.336 e. The molecule has 2 rings (SSSR count). The highest BCUT2D eigenvalue weighted by Crippen LogP contribution is 2.35. The van der Waals surface area contributed by atoms with E-state index in [1.165, 1.54) is 6.20 Å². The molecular weight excluding hydrogens is 265 g/mol. The Morgan fingerprint density at radius 1 is 1.39 bits per heavy atom. The molecule has 98 valence electrons. The van der Waals surface area contributed by atoms with Crippen LogP contribution in [0.4, 0.5) is 13.2 Å². The second kappa shape index (κ2) is 4.69. The number of thiazole rings is 1. The molecule has 1 unspecified atom stereocenters. The molecule has 0 aliphatic rings. The van der Waals surface area contributed by atoms with E-state index in [2.05, 4.69) is 15.3 Å². The predicted molar refractivity (Wildman–Crippen MR) is 61.2 cm³/mol. The molecule has 0 aliphatic carbocycles. The van der Waals surface area contributed by atoms with E-state index in [0.717, 1.165) is 5.69 Å². The Labute approximate surface area is 105 Å². The van der Waals surface area contributed by atoms with Crippen LogP contribution in [-0.2, 0) is 13.2 Å². The van der Waals surface area contributed by atoms with Gasteiger partial charge in [0.25, 0.3) is 0 Å². The lowest BCUT2D eigenvalue weighted by molar-refractivity contribution is -0.137. The topological polar surface area (TPSA) is 42.7 Å². The molecule has 0 saturated heterocycles. The van der Waals surface area contributed by atoms with Crippen LogP contribution in [0.25, 0.3) is 0 Å². The number of aryl methyl sites for hydroxylation is 1. The van der Waals surface area contributed by atoms with Crippen LogP contribution >= 0.6 is 11.3 Å². The fourth-order valence-corrected chi connectivity index (χ4v) is 2.54. The average Bonchev–Trinajstić information content (AvgIpc) is 2.89. The predicted octanol–water partition coefficient (Wildman–Crippen LogP) is 2.20. The van der Waals surface area contributed by atoms with Crippen molar-refractivity contribution in [2.75, 3.05) is 7.05 Å². The zero-order chi connectivity index (χ0) is 13.3. The second-order valence-corrected chi connectivity index (χ2v) is 4.78. The molecule has 0 aromatic carbocycles. The van der Waals surface area contributed by atoms with Crippen molar-refractivity contribution >= 4 is 11.3 Å². The van der Waals surface area contributed by atoms with Gasteiger partial charge in [0.2, 0.25) is 0 Å². The molecule has 0 amide bonds. The van der Waals surface area contributed by atoms with Crippen molar-refractivity contribution < 1.29 is 13.2 Å². The number of hydrogen-bond acceptors (Lipinski definition) is 4. The highest BCUT2D eigenvalue weighted by atomic mass is 32.1. The van der Waals surface area contributed by atoms with Gasteiger partial charge < -0.3 is 9.88 Å². The molecular formula is C10H11F3N4S. The van der Waals surface area contributed by atoms with E-state index in [0.29, 0.717) is 16.2 Å². The first-order valence-electron chi connectivity index (χ1n) is 5.10. The van der Waals surface area contributed by atoms with Crippen LogP contribution < -0.4 is 5.32 Å². The second-order valence-electron chi connectivity index (χ2n) is 3.72. The highest BCUT2D eigenvalue weighted by molar-refractivity contribution is 7.11. The van der Waals surface area contributed by atoms with Crippen molar-refractivity contribution in [2.45, 2.75) is 12.2 Å². The summed E-state index contributed by atoms with van der Waals surface area (Å²) in [5.74, 6) is 0. The Balaban J connectivity index is 2.35. The fourth-order valence-electron chi connectivity index (χ4n) is 1.63. The van der Waals surface area contributed by atoms with Gasteiger partial charge >= 0.3 is 6.18 Å². The molecule has 0 aliphatic heterocycles. The number of alkyl halides is 3. The molecule has 2 aromatic rings. The normalized spacial score (nSPS) is 13.8. The molecule has 0 fully saturated rings. The number of nitrogens with zero attached hydrogens (tertiary/aromatic N) is 3. The molecule has 18 heavy (non-hydrogen) atoms. The van der Waals surface area contributed by atoms with E-state index in [1.54, 1.807) is 31.2 Å². The summed E-state index contributed by atoms with van der Waals surface area (Å²) < 4.78 is 39.3. The lowest BCUT2D eigenvalue weighted by atomic mass is 10.2. The largest absolute Gasteiger partial charge is 0.443 e. The summed E-state index contributed by atoms with van der Waals surface area (Å²) >= 11 is 0.640. The minimum atomic E-state index is -4.40. The molecule has 1 atom stereocenters. The zero-order valence-corrected chi connectivity index (χ0v) is 10.5. The maximum Gasteiger partial charge on any atom is 0.443 e. The van der Waals surface area contributed by atoms with Crippen molar-refractivity contribution in [1.29, 1.82) is 0 Å². The van der Waals surface area contributed by atoms with E-state index in [-0.39, 0.29) is 6.04 Å². The van der Waals surface area contributed by atoms with Crippen LogP contribution in [0.3, 0.4) is 0 Å². The van der Waals surface area contributed by atoms with Crippen molar-refractivity contribution in [3.8, 4) is 0 Å². The van der Waals surface area contributed by atoms with Gasteiger partial charge in [0.1, 0.15) is 0 Å². The van der Waals surface area contributed by atoms with Gasteiger partial charge in [-0.3, -0.25) is 0 Å². The summed E-state index contributed by atoms with van der Waals surface area (Å²) in [6.07, 6.45) is 0.0782. The van der Waals surface area contributed by atoms with E-state index in [9.17, 15) is 13.2 Å². The Kier molecular flexibility index (Phi) is 3.40. The van der Waals surface area contributed by atoms with Crippen LogP contribution in [0.1, 0.15) is 21.6 Å². The first-order chi connectivity index (χ1) is 8.43. The Bertz CT molecular complexity index is 531. The van der Waals surface area contributed by atoms with Crippen molar-refractivity contribution in [2.24, 2.45) is 7.05 Å². The zero-order valence-electron chi connectivity index (χ0n) is 9.69. The lowest BCUT2D eigenvalue weighted by Gasteiger charge is -2.14. The number of hydrogen-bond donors (Lipinski definition) is 1. The standard InChI is InChI=1S/C10H11F3N4S/c1-14-8(6-3-15-5-17(6)2)7-4-16-9(18-7)10(11,12)13/h3-5,8,14H,1-2H3. The van der Waals surface area contributed by atoms with Gasteiger partial charge in [0.15, 0.2) is 5.01 Å². The number of aromatic nitrogens is 3. The SMILES string of the molecule is CNC(c1cnc(C(F)(F)F)s1)c1cncn1C. The maximum atomic E-state index is 12.5. The molecule has 0 radical (unpaired) electrons. The Morgan fingerprint density at radius 2 is 2.11 bits per heavy atom. The van der Waals surface area contributed by atoms with E-state index in [1.807, 2.05) is 0 Å². The number of imidazole rings is 1. The van der Waals surface area contributed by atoms with Gasteiger partial charge in [0.05, 0.1) is 24.3 Å². The van der Waals surface area contributed by atoms with E-state index < -0.39 is 11.2 Å². The van der Waals surface area contributed by atoms with Gasteiger partial charge in [0, 0.05) is 18.1 Å². The molecule has 0 saturated carbocycles. The van der Waals surface area contributed by atoms with Crippen molar-refractivity contribution in [1.82, 2.24) is 19.9 Å². The fraction of sp³-hybridized carbons (Fsp3) is 0.400. The summed E-state index contributed by atoms with van der Waals surface area (Å²) in [6.45, 7) is 0. The molecule has 4 nitrogen and oxygen atoms in total. The molecule has 0 spiro atoms. The van der Waals surface area contributed by atoms with Crippen molar-refractivity contribution in [3.05, 3.63) is 34.3 Å². The number of nitrogens with one attached hydrogen (secondary N) is 1. The first kappa shape index (κ1) is 13.0. The average molecular weight is 276 g/mol. The summed E-state index contributed by atoms with van der Waals surface area (Å²) in [6, 6.07) is -0.342. The van der Waals surface area contributed by atoms with Crippen LogP contribution in [0.5, 0.6) is 0 Å². The number of halogens is 3. The molecule has 2 heterocycles. The van der Waals surface area contributed by atoms with Crippen molar-refractivity contribution in [3.63, 3.8) is 0 Å². The first-order valence-corrected chi connectivity index (χ1v) is 5.91. The minimum absolute atomic E-state index is 0.342. The highest BCUT2D eigenvalue weighted by Gasteiger charge is 2.35. The third kappa shape index (κ3) is 2.39. The van der Waals surface area contributed by atoms with Gasteiger partial charge in [-0.2, -0.15) is 13.2 Å². The summed E-state index contributed by atoms with van der Waals surface area (Å²) in [5, 5.41) is 2.14. The summed E-state index contributed by atoms with van der Waals surface area (Å²) in [7, 11) is 3.48. The molecule has 0 bridgehead atoms. The monoisotopic (exact) mass is 276 g/mol. The Hall–Kier alpha value is -1.41. The number of rotatable bonds is 3. The molecule has 1 N–H and O–H groups in total. The van der Waals surface area contributed by atoms with Crippen LogP contribution in [-0.4, -0.2) is 21.6 Å². The third-order valence-electron chi connectivity index (χ3n) is 2.49. The summed E-state index contributed by atoms with van der Waals surface area (Å²) in [5.41, 5.74) is 0.787. The van der Waals surface area contributed by atoms with E-state index in [4.69, 9.17) is 0 Å². The Morgan fingerprint density at radius 3 is 2.56 bits per heavy atom. The van der Waals surface area contributed by atoms with E-state index >= 15 is 0 Å². The van der Waals surface area contributed by atoms with Crippen LogP contribution in [0.2, 0.25) is 0 Å². The summed E-state index contributed by atoms with van der Waals surface area (Å²) in [4.78, 5) is 7.88. The van der Waals surface area contributed by atoms with Crippen LogP contribution in [0, 0.1) is 0 Å². The maximum absolute atomic E-state index is 12.5. The lowest BCUT2D eigenvalue weighted by Crippen LogP contribution is -2.19. The van der Waals surface area contributed by atoms with Gasteiger partial charge in [-0.05, 0) is 7.05 Å². The van der Waals surface area contributed by atoms with Gasteiger partial charge in [-0.1, -0.05) is 0 Å². The molecule has 2 aromatic heterocycles. The smallest absolute Gasteiger partial charge is 0.336 e.